The summed E-state index contributed by atoms with van der Waals surface area (Å²) in [6.45, 7) is 2.40. The maximum atomic E-state index is 5.35. The number of rotatable bonds is 6. The Hall–Kier alpha value is -3.02. The second-order valence-corrected chi connectivity index (χ2v) is 6.15. The molecule has 0 fully saturated rings. The number of methoxy groups -OCH3 is 1. The van der Waals surface area contributed by atoms with E-state index in [1.54, 1.807) is 7.11 Å². The zero-order valence-corrected chi connectivity index (χ0v) is 15.1. The molecule has 130 valence electrons. The van der Waals surface area contributed by atoms with Gasteiger partial charge in [0.05, 0.1) is 13.7 Å². The summed E-state index contributed by atoms with van der Waals surface area (Å²) in [6, 6.07) is 28.9. The molecule has 0 aliphatic rings. The van der Waals surface area contributed by atoms with E-state index in [4.69, 9.17) is 4.74 Å². The highest BCUT2D eigenvalue weighted by atomic mass is 16.5. The number of ether oxygens (including phenoxy) is 1. The van der Waals surface area contributed by atoms with Crippen LogP contribution in [0.3, 0.4) is 0 Å². The van der Waals surface area contributed by atoms with Crippen molar-refractivity contribution in [3.05, 3.63) is 102 Å². The van der Waals surface area contributed by atoms with E-state index < -0.39 is 0 Å². The second kappa shape index (κ2) is 9.46. The van der Waals surface area contributed by atoms with Crippen molar-refractivity contribution in [2.75, 3.05) is 13.7 Å². The van der Waals surface area contributed by atoms with Gasteiger partial charge in [0.1, 0.15) is 5.75 Å². The van der Waals surface area contributed by atoms with Crippen molar-refractivity contribution in [1.29, 1.82) is 0 Å². The molecule has 0 N–H and O–H groups in total. The van der Waals surface area contributed by atoms with Gasteiger partial charge in [0.25, 0.3) is 0 Å². The summed E-state index contributed by atoms with van der Waals surface area (Å²) in [4.78, 5) is 2.35. The quantitative estimate of drug-likeness (QED) is 0.600. The molecular formula is C24H23NO. The van der Waals surface area contributed by atoms with Crippen molar-refractivity contribution < 1.29 is 4.74 Å². The first-order valence-electron chi connectivity index (χ1n) is 8.76. The topological polar surface area (TPSA) is 12.5 Å². The summed E-state index contributed by atoms with van der Waals surface area (Å²) in [5, 5.41) is 0. The molecule has 0 unspecified atom stereocenters. The van der Waals surface area contributed by atoms with Crippen LogP contribution in [0.15, 0.2) is 84.9 Å². The zero-order chi connectivity index (χ0) is 18.0. The van der Waals surface area contributed by atoms with Crippen LogP contribution in [0, 0.1) is 11.8 Å². The molecule has 0 aliphatic heterocycles. The Kier molecular flexibility index (Phi) is 6.47. The van der Waals surface area contributed by atoms with Crippen molar-refractivity contribution >= 4 is 0 Å². The summed E-state index contributed by atoms with van der Waals surface area (Å²) >= 11 is 0. The summed E-state index contributed by atoms with van der Waals surface area (Å²) < 4.78 is 5.35. The molecule has 0 aliphatic carbocycles. The molecule has 0 aromatic heterocycles. The average Bonchev–Trinajstić information content (AvgIpc) is 2.70. The third-order valence-corrected chi connectivity index (χ3v) is 4.10. The predicted molar refractivity (Wildman–Crippen MR) is 107 cm³/mol. The SMILES string of the molecule is COc1cccc(CN(CC#Cc2ccccc2)Cc2ccccc2)c1. The number of hydrogen-bond acceptors (Lipinski definition) is 2. The summed E-state index contributed by atoms with van der Waals surface area (Å²) in [6.07, 6.45) is 0. The maximum Gasteiger partial charge on any atom is 0.119 e. The fraction of sp³-hybridized carbons (Fsp3) is 0.167. The molecular weight excluding hydrogens is 318 g/mol. The van der Waals surface area contributed by atoms with Crippen LogP contribution in [0.25, 0.3) is 0 Å². The molecule has 3 rings (SSSR count). The van der Waals surface area contributed by atoms with Crippen LogP contribution in [0.4, 0.5) is 0 Å². The van der Waals surface area contributed by atoms with Gasteiger partial charge in [-0.2, -0.15) is 0 Å². The van der Waals surface area contributed by atoms with E-state index >= 15 is 0 Å². The van der Waals surface area contributed by atoms with Crippen LogP contribution in [0.2, 0.25) is 0 Å². The van der Waals surface area contributed by atoms with Crippen LogP contribution in [-0.4, -0.2) is 18.6 Å². The van der Waals surface area contributed by atoms with Crippen molar-refractivity contribution in [3.8, 4) is 17.6 Å². The lowest BCUT2D eigenvalue weighted by molar-refractivity contribution is 0.290. The Labute approximate surface area is 156 Å². The fourth-order valence-corrected chi connectivity index (χ4v) is 2.81. The van der Waals surface area contributed by atoms with Gasteiger partial charge in [-0.25, -0.2) is 0 Å². The van der Waals surface area contributed by atoms with Gasteiger partial charge in [0.2, 0.25) is 0 Å². The van der Waals surface area contributed by atoms with Gasteiger partial charge in [0.15, 0.2) is 0 Å². The van der Waals surface area contributed by atoms with Crippen LogP contribution in [0.1, 0.15) is 16.7 Å². The van der Waals surface area contributed by atoms with Crippen molar-refractivity contribution in [2.24, 2.45) is 0 Å². The molecule has 3 aromatic carbocycles. The lowest BCUT2D eigenvalue weighted by Crippen LogP contribution is -2.23. The molecule has 0 saturated heterocycles. The second-order valence-electron chi connectivity index (χ2n) is 6.15. The number of hydrogen-bond donors (Lipinski definition) is 0. The highest BCUT2D eigenvalue weighted by Gasteiger charge is 2.07. The first kappa shape index (κ1) is 17.8. The van der Waals surface area contributed by atoms with Crippen molar-refractivity contribution in [3.63, 3.8) is 0 Å². The van der Waals surface area contributed by atoms with Crippen LogP contribution in [0.5, 0.6) is 5.75 Å². The fourth-order valence-electron chi connectivity index (χ4n) is 2.81. The van der Waals surface area contributed by atoms with Gasteiger partial charge in [-0.05, 0) is 35.4 Å². The molecule has 0 saturated carbocycles. The minimum Gasteiger partial charge on any atom is -0.497 e. The maximum absolute atomic E-state index is 5.35. The first-order chi connectivity index (χ1) is 12.8. The van der Waals surface area contributed by atoms with E-state index in [0.29, 0.717) is 6.54 Å². The molecule has 2 nitrogen and oxygen atoms in total. The van der Waals surface area contributed by atoms with Crippen LogP contribution in [-0.2, 0) is 13.1 Å². The van der Waals surface area contributed by atoms with E-state index in [0.717, 1.165) is 24.4 Å². The van der Waals surface area contributed by atoms with E-state index in [-0.39, 0.29) is 0 Å². The third kappa shape index (κ3) is 5.51. The van der Waals surface area contributed by atoms with E-state index in [1.165, 1.54) is 11.1 Å². The largest absolute Gasteiger partial charge is 0.497 e. The van der Waals surface area contributed by atoms with Crippen LogP contribution >= 0.6 is 0 Å². The molecule has 0 spiro atoms. The minimum atomic E-state index is 0.709. The van der Waals surface area contributed by atoms with Gasteiger partial charge < -0.3 is 4.74 Å². The number of benzene rings is 3. The van der Waals surface area contributed by atoms with E-state index in [2.05, 4.69) is 53.1 Å². The lowest BCUT2D eigenvalue weighted by Gasteiger charge is -2.20. The molecule has 0 bridgehead atoms. The Morgan fingerprint density at radius 3 is 2.15 bits per heavy atom. The van der Waals surface area contributed by atoms with Gasteiger partial charge >= 0.3 is 0 Å². The highest BCUT2D eigenvalue weighted by molar-refractivity contribution is 5.34. The molecule has 3 aromatic rings. The lowest BCUT2D eigenvalue weighted by atomic mass is 10.1. The monoisotopic (exact) mass is 341 g/mol. The number of nitrogens with zero attached hydrogens (tertiary/aromatic N) is 1. The van der Waals surface area contributed by atoms with Gasteiger partial charge in [0, 0.05) is 18.7 Å². The van der Waals surface area contributed by atoms with Gasteiger partial charge in [-0.15, -0.1) is 0 Å². The Balaban J connectivity index is 1.73. The van der Waals surface area contributed by atoms with E-state index in [9.17, 15) is 0 Å². The summed E-state index contributed by atoms with van der Waals surface area (Å²) in [7, 11) is 1.70. The molecule has 26 heavy (non-hydrogen) atoms. The highest BCUT2D eigenvalue weighted by Crippen LogP contribution is 2.15. The molecule has 0 radical (unpaired) electrons. The van der Waals surface area contributed by atoms with Gasteiger partial charge in [-0.1, -0.05) is 72.5 Å². The Morgan fingerprint density at radius 1 is 0.769 bits per heavy atom. The Morgan fingerprint density at radius 2 is 1.42 bits per heavy atom. The molecule has 0 amide bonds. The standard InChI is InChI=1S/C24H23NO/c1-26-24-16-8-14-23(18-24)20-25(19-22-12-6-3-7-13-22)17-9-15-21-10-4-2-5-11-21/h2-8,10-14,16,18H,17,19-20H2,1H3. The summed E-state index contributed by atoms with van der Waals surface area (Å²) in [5.41, 5.74) is 3.56. The zero-order valence-electron chi connectivity index (χ0n) is 15.1. The molecule has 2 heteroatoms. The summed E-state index contributed by atoms with van der Waals surface area (Å²) in [5.74, 6) is 7.46. The van der Waals surface area contributed by atoms with E-state index in [1.807, 2.05) is 48.5 Å². The first-order valence-corrected chi connectivity index (χ1v) is 8.76. The normalized spacial score (nSPS) is 10.2. The molecule has 0 heterocycles. The smallest absolute Gasteiger partial charge is 0.119 e. The predicted octanol–water partition coefficient (Wildman–Crippen LogP) is 4.75. The minimum absolute atomic E-state index is 0.709. The third-order valence-electron chi connectivity index (χ3n) is 4.10. The Bertz CT molecular complexity index is 863. The molecule has 0 atom stereocenters. The van der Waals surface area contributed by atoms with Crippen molar-refractivity contribution in [2.45, 2.75) is 13.1 Å². The average molecular weight is 341 g/mol. The van der Waals surface area contributed by atoms with Crippen LogP contribution < -0.4 is 4.74 Å². The van der Waals surface area contributed by atoms with Crippen molar-refractivity contribution in [1.82, 2.24) is 4.90 Å². The van der Waals surface area contributed by atoms with Gasteiger partial charge in [-0.3, -0.25) is 4.90 Å².